The first-order chi connectivity index (χ1) is 14.8. The number of benzene rings is 2. The van der Waals surface area contributed by atoms with E-state index >= 15 is 0 Å². The molecule has 0 aliphatic rings. The highest BCUT2D eigenvalue weighted by atomic mass is 31.2. The molecular formula is C24H35N2O4P. The van der Waals surface area contributed by atoms with Gasteiger partial charge in [0.1, 0.15) is 11.5 Å². The maximum absolute atomic E-state index is 14.3. The van der Waals surface area contributed by atoms with E-state index in [-0.39, 0.29) is 17.7 Å². The summed E-state index contributed by atoms with van der Waals surface area (Å²) in [6, 6.07) is 17.1. The summed E-state index contributed by atoms with van der Waals surface area (Å²) in [5, 5.41) is 2.94. The number of hydrogen-bond donors (Lipinski definition) is 2. The van der Waals surface area contributed by atoms with Crippen LogP contribution in [0.4, 0.5) is 0 Å². The van der Waals surface area contributed by atoms with E-state index in [1.54, 1.807) is 48.5 Å². The molecule has 0 spiro atoms. The molecule has 0 bridgehead atoms. The van der Waals surface area contributed by atoms with Crippen LogP contribution in [0.2, 0.25) is 0 Å². The fraction of sp³-hybridized carbons (Fsp3) is 0.458. The number of carbonyl (C=O) groups is 1. The van der Waals surface area contributed by atoms with Gasteiger partial charge in [0.15, 0.2) is 5.78 Å². The Morgan fingerprint density at radius 3 is 1.74 bits per heavy atom. The lowest BCUT2D eigenvalue weighted by Gasteiger charge is -2.33. The van der Waals surface area contributed by atoms with Crippen molar-refractivity contribution in [3.8, 4) is 11.5 Å². The van der Waals surface area contributed by atoms with Crippen molar-refractivity contribution < 1.29 is 18.4 Å². The normalized spacial score (nSPS) is 14.5. The minimum atomic E-state index is -3.88. The third kappa shape index (κ3) is 6.84. The quantitative estimate of drug-likeness (QED) is 0.415. The van der Waals surface area contributed by atoms with Crippen LogP contribution in [0.5, 0.6) is 11.5 Å². The standard InChI is InChI=1S/C24H35N2O4P/c1-5-18(4)22(25)23(27)26-24(19(6-2)7-3)31(28,29-20-14-10-8-11-15-20)30-21-16-12-9-13-17-21/h8-19,22,24H,5-7,25H2,1-4H3,(H,26,27)/t18?,22-,24?/m0/s1. The van der Waals surface area contributed by atoms with Gasteiger partial charge in [-0.1, -0.05) is 83.4 Å². The molecule has 7 heteroatoms. The summed E-state index contributed by atoms with van der Waals surface area (Å²) < 4.78 is 26.3. The zero-order chi connectivity index (χ0) is 22.9. The highest BCUT2D eigenvalue weighted by Crippen LogP contribution is 2.55. The number of para-hydroxylation sites is 2. The second kappa shape index (κ2) is 11.9. The Bertz CT molecular complexity index is 798. The molecule has 2 rings (SSSR count). The average molecular weight is 447 g/mol. The Kier molecular flexibility index (Phi) is 9.60. The fourth-order valence-corrected chi connectivity index (χ4v) is 5.65. The summed E-state index contributed by atoms with van der Waals surface area (Å²) in [6.45, 7) is 7.91. The van der Waals surface area contributed by atoms with Crippen LogP contribution in [0, 0.1) is 11.8 Å². The molecule has 0 radical (unpaired) electrons. The zero-order valence-electron chi connectivity index (χ0n) is 18.9. The molecule has 170 valence electrons. The third-order valence-corrected chi connectivity index (χ3v) is 7.80. The summed E-state index contributed by atoms with van der Waals surface area (Å²) in [5.74, 6) is -0.486. The predicted octanol–water partition coefficient (Wildman–Crippen LogP) is 5.59. The first-order valence-electron chi connectivity index (χ1n) is 11.0. The topological polar surface area (TPSA) is 90.7 Å². The maximum atomic E-state index is 14.3. The number of nitrogens with one attached hydrogen (secondary N) is 1. The molecule has 2 aromatic rings. The van der Waals surface area contributed by atoms with Crippen LogP contribution in [-0.2, 0) is 9.36 Å². The van der Waals surface area contributed by atoms with Crippen LogP contribution in [0.3, 0.4) is 0 Å². The van der Waals surface area contributed by atoms with Gasteiger partial charge in [-0.3, -0.25) is 4.79 Å². The van der Waals surface area contributed by atoms with Gasteiger partial charge in [-0.05, 0) is 36.1 Å². The van der Waals surface area contributed by atoms with Gasteiger partial charge in [0.2, 0.25) is 5.91 Å². The molecule has 0 aliphatic carbocycles. The Labute approximate surface area is 186 Å². The van der Waals surface area contributed by atoms with Crippen molar-refractivity contribution in [2.75, 3.05) is 0 Å². The Morgan fingerprint density at radius 1 is 0.903 bits per heavy atom. The lowest BCUT2D eigenvalue weighted by molar-refractivity contribution is -0.124. The highest BCUT2D eigenvalue weighted by Gasteiger charge is 2.45. The number of nitrogens with two attached hydrogens (primary N) is 1. The number of hydrogen-bond acceptors (Lipinski definition) is 5. The summed E-state index contributed by atoms with van der Waals surface area (Å²) >= 11 is 0. The second-order valence-electron chi connectivity index (χ2n) is 7.79. The van der Waals surface area contributed by atoms with E-state index in [0.717, 1.165) is 6.42 Å². The van der Waals surface area contributed by atoms with Crippen molar-refractivity contribution >= 4 is 13.5 Å². The molecule has 0 heterocycles. The van der Waals surface area contributed by atoms with E-state index in [1.165, 1.54) is 0 Å². The van der Waals surface area contributed by atoms with E-state index in [0.29, 0.717) is 24.3 Å². The van der Waals surface area contributed by atoms with Crippen molar-refractivity contribution in [2.24, 2.45) is 17.6 Å². The Balaban J connectivity index is 2.46. The Hall–Kier alpha value is -2.30. The van der Waals surface area contributed by atoms with E-state index in [4.69, 9.17) is 14.8 Å². The van der Waals surface area contributed by atoms with Crippen LogP contribution >= 0.6 is 7.60 Å². The van der Waals surface area contributed by atoms with Gasteiger partial charge in [-0.25, -0.2) is 4.57 Å². The summed E-state index contributed by atoms with van der Waals surface area (Å²) in [5.41, 5.74) is 6.17. The largest absolute Gasteiger partial charge is 0.453 e. The summed E-state index contributed by atoms with van der Waals surface area (Å²) in [6.07, 6.45) is 2.16. The molecular weight excluding hydrogens is 411 g/mol. The minimum absolute atomic E-state index is 0.00757. The molecule has 0 saturated heterocycles. The fourth-order valence-electron chi connectivity index (χ4n) is 3.33. The molecule has 0 aromatic heterocycles. The zero-order valence-corrected chi connectivity index (χ0v) is 19.8. The minimum Gasteiger partial charge on any atom is -0.415 e. The van der Waals surface area contributed by atoms with Crippen molar-refractivity contribution in [1.29, 1.82) is 0 Å². The first kappa shape index (κ1) is 25.0. The number of rotatable bonds is 12. The third-order valence-electron chi connectivity index (χ3n) is 5.64. The molecule has 3 N–H and O–H groups in total. The summed E-state index contributed by atoms with van der Waals surface area (Å²) in [4.78, 5) is 13.0. The van der Waals surface area contributed by atoms with Gasteiger partial charge in [0, 0.05) is 0 Å². The molecule has 0 aliphatic heterocycles. The lowest BCUT2D eigenvalue weighted by Crippen LogP contribution is -2.51. The van der Waals surface area contributed by atoms with Crippen LogP contribution in [0.1, 0.15) is 47.0 Å². The molecule has 0 fully saturated rings. The summed E-state index contributed by atoms with van der Waals surface area (Å²) in [7, 11) is -3.88. The highest BCUT2D eigenvalue weighted by molar-refractivity contribution is 7.55. The molecule has 2 unspecified atom stereocenters. The van der Waals surface area contributed by atoms with E-state index in [1.807, 2.05) is 39.8 Å². The molecule has 1 amide bonds. The molecule has 31 heavy (non-hydrogen) atoms. The average Bonchev–Trinajstić information content (AvgIpc) is 2.79. The van der Waals surface area contributed by atoms with Gasteiger partial charge < -0.3 is 20.1 Å². The number of amides is 1. The van der Waals surface area contributed by atoms with Crippen LogP contribution in [0.15, 0.2) is 60.7 Å². The van der Waals surface area contributed by atoms with E-state index in [2.05, 4.69) is 5.32 Å². The van der Waals surface area contributed by atoms with Crippen molar-refractivity contribution in [3.05, 3.63) is 60.7 Å². The van der Waals surface area contributed by atoms with Gasteiger partial charge in [-0.2, -0.15) is 0 Å². The molecule has 2 aromatic carbocycles. The second-order valence-corrected chi connectivity index (χ2v) is 9.79. The Morgan fingerprint density at radius 2 is 1.35 bits per heavy atom. The van der Waals surface area contributed by atoms with Crippen molar-refractivity contribution in [2.45, 2.75) is 58.8 Å². The predicted molar refractivity (Wildman–Crippen MR) is 125 cm³/mol. The van der Waals surface area contributed by atoms with Gasteiger partial charge in [-0.15, -0.1) is 0 Å². The monoisotopic (exact) mass is 446 g/mol. The van der Waals surface area contributed by atoms with Crippen LogP contribution in [-0.4, -0.2) is 17.7 Å². The molecule has 3 atom stereocenters. The smallest absolute Gasteiger partial charge is 0.415 e. The van der Waals surface area contributed by atoms with Gasteiger partial charge in [0.25, 0.3) is 0 Å². The maximum Gasteiger partial charge on any atom is 0.453 e. The SMILES string of the molecule is CCC(CC)C(NC(=O)[C@@H](N)C(C)CC)P(=O)(Oc1ccccc1)Oc1ccccc1. The van der Waals surface area contributed by atoms with E-state index < -0.39 is 19.4 Å². The van der Waals surface area contributed by atoms with Crippen molar-refractivity contribution in [1.82, 2.24) is 5.32 Å². The first-order valence-corrected chi connectivity index (χ1v) is 12.6. The lowest BCUT2D eigenvalue weighted by atomic mass is 9.98. The molecule has 6 nitrogen and oxygen atoms in total. The van der Waals surface area contributed by atoms with Crippen LogP contribution in [0.25, 0.3) is 0 Å². The van der Waals surface area contributed by atoms with Crippen molar-refractivity contribution in [3.63, 3.8) is 0 Å². The van der Waals surface area contributed by atoms with Gasteiger partial charge >= 0.3 is 7.60 Å². The van der Waals surface area contributed by atoms with Crippen LogP contribution < -0.4 is 20.1 Å². The number of carbonyl (C=O) groups excluding carboxylic acids is 1. The van der Waals surface area contributed by atoms with E-state index in [9.17, 15) is 9.36 Å². The van der Waals surface area contributed by atoms with Gasteiger partial charge in [0.05, 0.1) is 6.04 Å². The molecule has 0 saturated carbocycles.